The summed E-state index contributed by atoms with van der Waals surface area (Å²) in [6.07, 6.45) is -0.338. The van der Waals surface area contributed by atoms with Gasteiger partial charge in [-0.1, -0.05) is 10.4 Å². The van der Waals surface area contributed by atoms with E-state index in [1.165, 1.54) is 10.9 Å². The number of likely N-dealkylation sites (tertiary alicyclic amines) is 1. The minimum absolute atomic E-state index is 0.0422. The van der Waals surface area contributed by atoms with Crippen LogP contribution in [0.4, 0.5) is 18.0 Å². The molecule has 0 saturated carbocycles. The van der Waals surface area contributed by atoms with Gasteiger partial charge in [0, 0.05) is 37.4 Å². The monoisotopic (exact) mass is 709 g/mol. The van der Waals surface area contributed by atoms with Crippen LogP contribution in [0.2, 0.25) is 0 Å². The number of hydrogen-bond acceptors (Lipinski definition) is 11. The van der Waals surface area contributed by atoms with Gasteiger partial charge in [0.05, 0.1) is 24.6 Å². The van der Waals surface area contributed by atoms with Crippen LogP contribution < -0.4 is 0 Å². The maximum absolute atomic E-state index is 14.1. The molecule has 1 N–H and O–H groups in total. The molecule has 1 amide bonds. The van der Waals surface area contributed by atoms with Crippen LogP contribution in [0.3, 0.4) is 0 Å². The molecule has 6 atom stereocenters. The SMILES string of the molecule is CC(C)(C)OC(=O)N1CCC(C2=NO[C@@H](C[C@H]3O[C@@H]4COC(C)(C)O[C@@H]4[C@H](n4cc(-c5cc(F)c(F)c(F)c5)nn4)[C@H]3OCC(=O)O)C2)CC1. The highest BCUT2D eigenvalue weighted by atomic mass is 19.2. The first-order valence-corrected chi connectivity index (χ1v) is 16.6. The highest BCUT2D eigenvalue weighted by molar-refractivity contribution is 5.88. The molecule has 0 aliphatic carbocycles. The van der Waals surface area contributed by atoms with Crippen molar-refractivity contribution in [2.24, 2.45) is 11.1 Å². The third-order valence-electron chi connectivity index (χ3n) is 9.13. The molecule has 17 heteroatoms. The number of rotatable bonds is 8. The fourth-order valence-corrected chi connectivity index (χ4v) is 6.85. The van der Waals surface area contributed by atoms with E-state index < -0.39 is 78.0 Å². The molecule has 6 rings (SSSR count). The van der Waals surface area contributed by atoms with Gasteiger partial charge in [-0.3, -0.25) is 0 Å². The van der Waals surface area contributed by atoms with Gasteiger partial charge in [0.15, 0.2) is 23.2 Å². The van der Waals surface area contributed by atoms with Crippen molar-refractivity contribution >= 4 is 17.8 Å². The standard InChI is InChI=1S/C33H42F3N5O9/c1-32(2,3)49-31(44)40-8-6-17(7-9-40)22-12-19(50-38-22)13-24-29(45-16-26(42)43)28(30-25(47-24)15-46-33(4,5)48-30)41-14-23(37-39-41)18-10-20(34)27(36)21(35)11-18/h10-11,14,17,19,24-25,28-30H,6-9,12-13,15-16H2,1-5H3,(H,42,43)/t19-,24-,25-,28-,29+,30+/m1/s1. The van der Waals surface area contributed by atoms with Gasteiger partial charge in [-0.15, -0.1) is 5.10 Å². The molecule has 2 aromatic rings. The van der Waals surface area contributed by atoms with Gasteiger partial charge in [0.25, 0.3) is 0 Å². The van der Waals surface area contributed by atoms with Crippen molar-refractivity contribution in [3.05, 3.63) is 35.8 Å². The molecule has 3 fully saturated rings. The Hall–Kier alpha value is -3.80. The summed E-state index contributed by atoms with van der Waals surface area (Å²) in [5, 5.41) is 22.3. The van der Waals surface area contributed by atoms with Gasteiger partial charge in [-0.2, -0.15) is 0 Å². The van der Waals surface area contributed by atoms with Crippen LogP contribution in [0.5, 0.6) is 0 Å². The van der Waals surface area contributed by atoms with Crippen molar-refractivity contribution in [3.63, 3.8) is 0 Å². The lowest BCUT2D eigenvalue weighted by atomic mass is 9.86. The van der Waals surface area contributed by atoms with E-state index in [2.05, 4.69) is 15.5 Å². The van der Waals surface area contributed by atoms with Crippen LogP contribution in [-0.4, -0.2) is 111 Å². The molecule has 0 radical (unpaired) electrons. The lowest BCUT2D eigenvalue weighted by Gasteiger charge is -2.51. The minimum Gasteiger partial charge on any atom is -0.480 e. The Bertz CT molecular complexity index is 1580. The number of hydrogen-bond donors (Lipinski definition) is 1. The molecule has 0 unspecified atom stereocenters. The van der Waals surface area contributed by atoms with E-state index in [0.29, 0.717) is 32.4 Å². The average Bonchev–Trinajstić information content (AvgIpc) is 3.72. The molecule has 4 aliphatic rings. The molecular formula is C33H42F3N5O9. The van der Waals surface area contributed by atoms with E-state index in [-0.39, 0.29) is 36.3 Å². The van der Waals surface area contributed by atoms with Crippen LogP contribution in [0, 0.1) is 23.4 Å². The molecule has 0 bridgehead atoms. The summed E-state index contributed by atoms with van der Waals surface area (Å²) >= 11 is 0. The predicted molar refractivity (Wildman–Crippen MR) is 167 cm³/mol. The summed E-state index contributed by atoms with van der Waals surface area (Å²) in [6, 6.07) is 0.785. The third kappa shape index (κ3) is 8.05. The molecule has 1 aromatic carbocycles. The molecule has 1 aromatic heterocycles. The molecule has 5 heterocycles. The summed E-state index contributed by atoms with van der Waals surface area (Å²) in [4.78, 5) is 31.8. The van der Waals surface area contributed by atoms with E-state index in [9.17, 15) is 27.9 Å². The number of halogens is 3. The number of oxime groups is 1. The van der Waals surface area contributed by atoms with Crippen LogP contribution in [-0.2, 0) is 33.3 Å². The van der Waals surface area contributed by atoms with Crippen molar-refractivity contribution in [1.82, 2.24) is 19.9 Å². The number of carboxylic acid groups (broad SMARTS) is 1. The minimum atomic E-state index is -1.61. The first-order chi connectivity index (χ1) is 23.6. The molecule has 50 heavy (non-hydrogen) atoms. The lowest BCUT2D eigenvalue weighted by molar-refractivity contribution is -0.352. The van der Waals surface area contributed by atoms with Gasteiger partial charge >= 0.3 is 12.1 Å². The van der Waals surface area contributed by atoms with E-state index >= 15 is 0 Å². The van der Waals surface area contributed by atoms with Gasteiger partial charge in [-0.25, -0.2) is 27.4 Å². The first-order valence-electron chi connectivity index (χ1n) is 16.6. The Kier molecular flexibility index (Phi) is 10.1. The quantitative estimate of drug-likeness (QED) is 0.386. The van der Waals surface area contributed by atoms with Crippen LogP contribution >= 0.6 is 0 Å². The maximum atomic E-state index is 14.1. The molecule has 4 aliphatic heterocycles. The van der Waals surface area contributed by atoms with Crippen molar-refractivity contribution < 1.29 is 56.4 Å². The molecule has 3 saturated heterocycles. The number of aliphatic carboxylic acids is 1. The number of nitrogens with zero attached hydrogens (tertiary/aromatic N) is 5. The smallest absolute Gasteiger partial charge is 0.410 e. The molecule has 274 valence electrons. The zero-order valence-corrected chi connectivity index (χ0v) is 28.5. The number of carboxylic acids is 1. The summed E-state index contributed by atoms with van der Waals surface area (Å²) in [5.74, 6) is -6.53. The molecular weight excluding hydrogens is 667 g/mol. The van der Waals surface area contributed by atoms with Gasteiger partial charge in [0.1, 0.15) is 48.4 Å². The number of fused-ring (bicyclic) bond motifs is 1. The Morgan fingerprint density at radius 1 is 1.12 bits per heavy atom. The Morgan fingerprint density at radius 2 is 1.82 bits per heavy atom. The average molecular weight is 710 g/mol. The molecule has 14 nitrogen and oxygen atoms in total. The number of ether oxygens (including phenoxy) is 5. The van der Waals surface area contributed by atoms with Crippen molar-refractivity contribution in [1.29, 1.82) is 0 Å². The van der Waals surface area contributed by atoms with Crippen molar-refractivity contribution in [2.45, 2.75) is 108 Å². The first kappa shape index (κ1) is 36.0. The number of carbonyl (C=O) groups excluding carboxylic acids is 1. The summed E-state index contributed by atoms with van der Waals surface area (Å²) in [7, 11) is 0. The largest absolute Gasteiger partial charge is 0.480 e. The van der Waals surface area contributed by atoms with Crippen LogP contribution in [0.15, 0.2) is 23.5 Å². The van der Waals surface area contributed by atoms with Gasteiger partial charge < -0.3 is 38.5 Å². The Labute approximate surface area is 286 Å². The van der Waals surface area contributed by atoms with E-state index in [1.807, 2.05) is 20.8 Å². The topological polar surface area (TPSA) is 156 Å². The van der Waals surface area contributed by atoms with E-state index in [0.717, 1.165) is 17.8 Å². The fourth-order valence-electron chi connectivity index (χ4n) is 6.85. The normalized spacial score (nSPS) is 28.5. The summed E-state index contributed by atoms with van der Waals surface area (Å²) < 4.78 is 73.4. The van der Waals surface area contributed by atoms with E-state index in [1.54, 1.807) is 18.7 Å². The lowest BCUT2D eigenvalue weighted by Crippen LogP contribution is -2.63. The second-order valence-electron chi connectivity index (χ2n) is 14.5. The number of aromatic nitrogens is 3. The van der Waals surface area contributed by atoms with Crippen molar-refractivity contribution in [2.75, 3.05) is 26.3 Å². The van der Waals surface area contributed by atoms with Gasteiger partial charge in [-0.05, 0) is 59.6 Å². The Morgan fingerprint density at radius 3 is 2.48 bits per heavy atom. The van der Waals surface area contributed by atoms with E-state index in [4.69, 9.17) is 28.5 Å². The predicted octanol–water partition coefficient (Wildman–Crippen LogP) is 4.47. The summed E-state index contributed by atoms with van der Waals surface area (Å²) in [6.45, 7) is 9.45. The fraction of sp³-hybridized carbons (Fsp3) is 0.667. The van der Waals surface area contributed by atoms with Crippen LogP contribution in [0.1, 0.15) is 66.3 Å². The van der Waals surface area contributed by atoms with Crippen LogP contribution in [0.25, 0.3) is 11.3 Å². The highest BCUT2D eigenvalue weighted by Crippen LogP contribution is 2.42. The maximum Gasteiger partial charge on any atom is 0.410 e. The number of benzene rings is 1. The number of piperidine rings is 1. The summed E-state index contributed by atoms with van der Waals surface area (Å²) in [5.41, 5.74) is 0.281. The molecule has 0 spiro atoms. The third-order valence-corrected chi connectivity index (χ3v) is 9.13. The zero-order valence-electron chi connectivity index (χ0n) is 28.5. The number of carbonyl (C=O) groups is 2. The van der Waals surface area contributed by atoms with Gasteiger partial charge in [0.2, 0.25) is 0 Å². The second kappa shape index (κ2) is 14.1. The highest BCUT2D eigenvalue weighted by Gasteiger charge is 2.54. The second-order valence-corrected chi connectivity index (χ2v) is 14.5. The number of amides is 1. The zero-order chi connectivity index (χ0) is 36.0. The van der Waals surface area contributed by atoms with Crippen molar-refractivity contribution in [3.8, 4) is 11.3 Å². The Balaban J connectivity index is 1.20.